The Balaban J connectivity index is 1.88. The van der Waals surface area contributed by atoms with Gasteiger partial charge in [-0.2, -0.15) is 0 Å². The van der Waals surface area contributed by atoms with E-state index in [9.17, 15) is 27.9 Å². The van der Waals surface area contributed by atoms with Crippen molar-refractivity contribution < 1.29 is 32.6 Å². The SMILES string of the molecule is O=C1C(=O)N(c2cccc(OC(F)(F)F)c2)C(c2ccncc2)/C1=C(\O)c1ccc(Br)cc1. The molecule has 0 bridgehead atoms. The van der Waals surface area contributed by atoms with E-state index in [1.165, 1.54) is 24.5 Å². The topological polar surface area (TPSA) is 79.7 Å². The van der Waals surface area contributed by atoms with Crippen LogP contribution in [0.1, 0.15) is 17.2 Å². The number of pyridine rings is 1. The van der Waals surface area contributed by atoms with Gasteiger partial charge in [0.25, 0.3) is 11.7 Å². The van der Waals surface area contributed by atoms with E-state index in [0.29, 0.717) is 11.1 Å². The largest absolute Gasteiger partial charge is 0.573 e. The van der Waals surface area contributed by atoms with Crippen LogP contribution in [0.15, 0.2) is 83.1 Å². The normalized spacial score (nSPS) is 17.9. The molecule has 6 nitrogen and oxygen atoms in total. The molecule has 1 saturated heterocycles. The van der Waals surface area contributed by atoms with Crippen LogP contribution in [0.25, 0.3) is 5.76 Å². The summed E-state index contributed by atoms with van der Waals surface area (Å²) in [7, 11) is 0. The van der Waals surface area contributed by atoms with Crippen LogP contribution in [-0.2, 0) is 9.59 Å². The van der Waals surface area contributed by atoms with Crippen LogP contribution in [0.4, 0.5) is 18.9 Å². The fourth-order valence-electron chi connectivity index (χ4n) is 3.55. The van der Waals surface area contributed by atoms with E-state index in [-0.39, 0.29) is 11.3 Å². The van der Waals surface area contributed by atoms with Gasteiger partial charge in [0, 0.05) is 34.2 Å². The van der Waals surface area contributed by atoms with Crippen LogP contribution < -0.4 is 9.64 Å². The molecule has 1 unspecified atom stereocenters. The number of hydrogen-bond acceptors (Lipinski definition) is 5. The average molecular weight is 519 g/mol. The van der Waals surface area contributed by atoms with Crippen LogP contribution in [-0.4, -0.2) is 28.1 Å². The Hall–Kier alpha value is -3.66. The first-order valence-electron chi connectivity index (χ1n) is 9.48. The van der Waals surface area contributed by atoms with Crippen molar-refractivity contribution in [1.82, 2.24) is 4.98 Å². The Kier molecular flexibility index (Phi) is 5.94. The molecule has 3 aromatic rings. The van der Waals surface area contributed by atoms with Gasteiger partial charge in [0.2, 0.25) is 0 Å². The number of benzene rings is 2. The van der Waals surface area contributed by atoms with E-state index in [1.807, 2.05) is 0 Å². The molecule has 168 valence electrons. The zero-order chi connectivity index (χ0) is 23.8. The van der Waals surface area contributed by atoms with Gasteiger partial charge in [-0.25, -0.2) is 0 Å². The molecule has 0 aliphatic carbocycles. The molecule has 2 heterocycles. The molecule has 0 saturated carbocycles. The number of ether oxygens (including phenoxy) is 1. The number of alkyl halides is 3. The van der Waals surface area contributed by atoms with Crippen molar-refractivity contribution in [3.05, 3.63) is 94.2 Å². The van der Waals surface area contributed by atoms with Crippen LogP contribution in [0.3, 0.4) is 0 Å². The Bertz CT molecular complexity index is 1240. The molecule has 2 aromatic carbocycles. The number of carbonyl (C=O) groups excluding carboxylic acids is 2. The Labute approximate surface area is 194 Å². The second-order valence-electron chi connectivity index (χ2n) is 7.00. The zero-order valence-corrected chi connectivity index (χ0v) is 18.2. The smallest absolute Gasteiger partial charge is 0.507 e. The van der Waals surface area contributed by atoms with Gasteiger partial charge >= 0.3 is 6.36 Å². The second kappa shape index (κ2) is 8.70. The summed E-state index contributed by atoms with van der Waals surface area (Å²) in [6.07, 6.45) is -2.05. The first kappa shape index (κ1) is 22.5. The summed E-state index contributed by atoms with van der Waals surface area (Å²) in [5.74, 6) is -2.94. The third kappa shape index (κ3) is 4.61. The number of nitrogens with zero attached hydrogens (tertiary/aromatic N) is 2. The van der Waals surface area contributed by atoms with Gasteiger partial charge in [-0.15, -0.1) is 13.2 Å². The second-order valence-corrected chi connectivity index (χ2v) is 7.92. The third-order valence-electron chi connectivity index (χ3n) is 4.91. The fraction of sp³-hybridized carbons (Fsp3) is 0.0870. The minimum absolute atomic E-state index is 0.00415. The van der Waals surface area contributed by atoms with Gasteiger partial charge in [0.1, 0.15) is 11.5 Å². The van der Waals surface area contributed by atoms with Gasteiger partial charge in [-0.05, 0) is 42.0 Å². The number of halogens is 4. The highest BCUT2D eigenvalue weighted by atomic mass is 79.9. The molecule has 33 heavy (non-hydrogen) atoms. The molecule has 0 spiro atoms. The number of amides is 1. The lowest BCUT2D eigenvalue weighted by atomic mass is 9.96. The zero-order valence-electron chi connectivity index (χ0n) is 16.6. The first-order chi connectivity index (χ1) is 15.7. The Morgan fingerprint density at radius 2 is 1.70 bits per heavy atom. The van der Waals surface area contributed by atoms with Crippen molar-refractivity contribution in [2.24, 2.45) is 0 Å². The summed E-state index contributed by atoms with van der Waals surface area (Å²) in [6.45, 7) is 0. The van der Waals surface area contributed by atoms with Gasteiger partial charge in [-0.1, -0.05) is 34.1 Å². The molecule has 0 radical (unpaired) electrons. The minimum Gasteiger partial charge on any atom is -0.507 e. The number of aromatic nitrogens is 1. The van der Waals surface area contributed by atoms with E-state index in [0.717, 1.165) is 21.5 Å². The van der Waals surface area contributed by atoms with Crippen molar-refractivity contribution in [2.75, 3.05) is 4.90 Å². The standard InChI is InChI=1S/C23H14BrF3N2O4/c24-15-6-4-14(5-7-15)20(30)18-19(13-8-10-28-11-9-13)29(22(32)21(18)31)16-2-1-3-17(12-16)33-23(25,26)27/h1-12,19,30H/b20-18+. The fourth-order valence-corrected chi connectivity index (χ4v) is 3.82. The van der Waals surface area contributed by atoms with Crippen molar-refractivity contribution >= 4 is 39.1 Å². The lowest BCUT2D eigenvalue weighted by Gasteiger charge is -2.25. The summed E-state index contributed by atoms with van der Waals surface area (Å²) in [5.41, 5.74) is 0.528. The van der Waals surface area contributed by atoms with Crippen molar-refractivity contribution in [3.63, 3.8) is 0 Å². The summed E-state index contributed by atoms with van der Waals surface area (Å²) >= 11 is 3.29. The van der Waals surface area contributed by atoms with Crippen LogP contribution >= 0.6 is 15.9 Å². The minimum atomic E-state index is -4.93. The maximum absolute atomic E-state index is 13.0. The molecule has 1 atom stereocenters. The molecular formula is C23H14BrF3N2O4. The summed E-state index contributed by atoms with van der Waals surface area (Å²) < 4.78 is 42.8. The van der Waals surface area contributed by atoms with Gasteiger partial charge in [0.05, 0.1) is 11.6 Å². The number of aliphatic hydroxyl groups excluding tert-OH is 1. The maximum atomic E-state index is 13.0. The van der Waals surface area contributed by atoms with Crippen molar-refractivity contribution in [2.45, 2.75) is 12.4 Å². The van der Waals surface area contributed by atoms with Crippen molar-refractivity contribution in [3.8, 4) is 5.75 Å². The quantitative estimate of drug-likeness (QED) is 0.285. The number of rotatable bonds is 4. The number of hydrogen-bond donors (Lipinski definition) is 1. The van der Waals surface area contributed by atoms with Crippen LogP contribution in [0.2, 0.25) is 0 Å². The maximum Gasteiger partial charge on any atom is 0.573 e. The molecule has 4 rings (SSSR count). The molecule has 1 fully saturated rings. The summed E-state index contributed by atoms with van der Waals surface area (Å²) in [5, 5.41) is 11.0. The molecule has 1 aromatic heterocycles. The van der Waals surface area contributed by atoms with E-state index in [1.54, 1.807) is 36.4 Å². The predicted octanol–water partition coefficient (Wildman–Crippen LogP) is 5.37. The highest BCUT2D eigenvalue weighted by molar-refractivity contribution is 9.10. The summed E-state index contributed by atoms with van der Waals surface area (Å²) in [6, 6.07) is 13.2. The third-order valence-corrected chi connectivity index (χ3v) is 5.44. The predicted molar refractivity (Wildman–Crippen MR) is 116 cm³/mol. The number of carbonyl (C=O) groups is 2. The van der Waals surface area contributed by atoms with Gasteiger partial charge in [0.15, 0.2) is 0 Å². The van der Waals surface area contributed by atoms with Crippen LogP contribution in [0, 0.1) is 0 Å². The number of aliphatic hydroxyl groups is 1. The van der Waals surface area contributed by atoms with Crippen LogP contribution in [0.5, 0.6) is 5.75 Å². The molecule has 1 aliphatic heterocycles. The lowest BCUT2D eigenvalue weighted by Crippen LogP contribution is -2.29. The van der Waals surface area contributed by atoms with E-state index >= 15 is 0 Å². The molecule has 1 N–H and O–H groups in total. The number of Topliss-reactive ketones (excluding diaryl/α,β-unsaturated/α-hetero) is 1. The Morgan fingerprint density at radius 3 is 2.33 bits per heavy atom. The molecular weight excluding hydrogens is 505 g/mol. The first-order valence-corrected chi connectivity index (χ1v) is 10.3. The van der Waals surface area contributed by atoms with Gasteiger partial charge in [-0.3, -0.25) is 19.5 Å². The molecule has 1 amide bonds. The number of anilines is 1. The highest BCUT2D eigenvalue weighted by Crippen LogP contribution is 2.43. The monoisotopic (exact) mass is 518 g/mol. The highest BCUT2D eigenvalue weighted by Gasteiger charge is 2.47. The van der Waals surface area contributed by atoms with E-state index in [2.05, 4.69) is 25.7 Å². The van der Waals surface area contributed by atoms with Crippen molar-refractivity contribution in [1.29, 1.82) is 0 Å². The Morgan fingerprint density at radius 1 is 1.03 bits per heavy atom. The average Bonchev–Trinajstić information content (AvgIpc) is 3.04. The molecule has 10 heteroatoms. The van der Waals surface area contributed by atoms with E-state index in [4.69, 9.17) is 0 Å². The molecule has 1 aliphatic rings. The lowest BCUT2D eigenvalue weighted by molar-refractivity contribution is -0.274. The van der Waals surface area contributed by atoms with E-state index < -0.39 is 35.6 Å². The van der Waals surface area contributed by atoms with Gasteiger partial charge < -0.3 is 9.84 Å². The summed E-state index contributed by atoms with van der Waals surface area (Å²) in [4.78, 5) is 31.0. The number of ketones is 1.